The average Bonchev–Trinajstić information content (AvgIpc) is 3.67. The second kappa shape index (κ2) is 11.3. The van der Waals surface area contributed by atoms with E-state index >= 15 is 0 Å². The van der Waals surface area contributed by atoms with Crippen molar-refractivity contribution in [2.24, 2.45) is 0 Å². The van der Waals surface area contributed by atoms with Gasteiger partial charge in [0.25, 0.3) is 5.91 Å². The summed E-state index contributed by atoms with van der Waals surface area (Å²) >= 11 is 0. The Bertz CT molecular complexity index is 1340. The van der Waals surface area contributed by atoms with Crippen molar-refractivity contribution in [2.45, 2.75) is 50.9 Å². The first-order valence-corrected chi connectivity index (χ1v) is 11.9. The fraction of sp³-hybridized carbons (Fsp3) is 0.360. The van der Waals surface area contributed by atoms with Gasteiger partial charge in [0, 0.05) is 55.7 Å². The zero-order chi connectivity index (χ0) is 26.4. The molecule has 0 saturated heterocycles. The van der Waals surface area contributed by atoms with Crippen LogP contribution in [0, 0.1) is 0 Å². The highest BCUT2D eigenvalue weighted by Gasteiger charge is 2.38. The average molecular weight is 517 g/mol. The topological polar surface area (TPSA) is 106 Å². The minimum atomic E-state index is -5.08. The molecular weight excluding hydrogens is 489 g/mol. The second-order valence-electron chi connectivity index (χ2n) is 8.74. The first-order valence-electron chi connectivity index (χ1n) is 11.9. The lowest BCUT2D eigenvalue weighted by atomic mass is 10.2. The van der Waals surface area contributed by atoms with Crippen molar-refractivity contribution in [3.63, 3.8) is 0 Å². The first kappa shape index (κ1) is 26.0. The van der Waals surface area contributed by atoms with Gasteiger partial charge in [0.1, 0.15) is 5.82 Å². The van der Waals surface area contributed by atoms with Gasteiger partial charge in [-0.3, -0.25) is 9.20 Å². The fourth-order valence-electron chi connectivity index (χ4n) is 4.35. The number of nitrogens with one attached hydrogen (secondary N) is 1. The van der Waals surface area contributed by atoms with Gasteiger partial charge >= 0.3 is 12.1 Å². The lowest BCUT2D eigenvalue weighted by Crippen LogP contribution is -2.25. The van der Waals surface area contributed by atoms with E-state index in [2.05, 4.69) is 33.3 Å². The molecule has 37 heavy (non-hydrogen) atoms. The van der Waals surface area contributed by atoms with Gasteiger partial charge in [-0.05, 0) is 37.5 Å². The zero-order valence-corrected chi connectivity index (χ0v) is 19.9. The third kappa shape index (κ3) is 6.38. The van der Waals surface area contributed by atoms with E-state index in [1.807, 2.05) is 39.6 Å². The van der Waals surface area contributed by atoms with E-state index < -0.39 is 12.1 Å². The Hall–Kier alpha value is -4.09. The molecule has 0 atom stereocenters. The second-order valence-corrected chi connectivity index (χ2v) is 8.74. The molecule has 1 saturated carbocycles. The lowest BCUT2D eigenvalue weighted by Gasteiger charge is -2.10. The van der Waals surface area contributed by atoms with E-state index in [4.69, 9.17) is 14.9 Å². The van der Waals surface area contributed by atoms with Gasteiger partial charge in [-0.2, -0.15) is 13.2 Å². The molecule has 4 heterocycles. The lowest BCUT2D eigenvalue weighted by molar-refractivity contribution is -0.192. The summed E-state index contributed by atoms with van der Waals surface area (Å²) in [5, 5.41) is 10.1. The van der Waals surface area contributed by atoms with E-state index in [9.17, 15) is 18.0 Å². The van der Waals surface area contributed by atoms with Gasteiger partial charge in [-0.25, -0.2) is 14.8 Å². The van der Waals surface area contributed by atoms with Gasteiger partial charge in [0.2, 0.25) is 0 Å². The van der Waals surface area contributed by atoms with E-state index in [1.54, 1.807) is 12.5 Å². The summed E-state index contributed by atoms with van der Waals surface area (Å²) in [6.45, 7) is 1.42. The third-order valence-electron chi connectivity index (χ3n) is 6.16. The highest BCUT2D eigenvalue weighted by Crippen LogP contribution is 2.32. The Kier molecular flexibility index (Phi) is 7.95. The number of aliphatic carboxylic acids is 1. The number of hydrogen-bond donors (Lipinski definition) is 2. The van der Waals surface area contributed by atoms with Crippen molar-refractivity contribution in [3.8, 4) is 11.4 Å². The number of carboxylic acid groups (broad SMARTS) is 1. The quantitative estimate of drug-likeness (QED) is 0.350. The molecule has 2 N–H and O–H groups in total. The smallest absolute Gasteiger partial charge is 0.475 e. The molecule has 1 aliphatic carbocycles. The van der Waals surface area contributed by atoms with Gasteiger partial charge in [0.15, 0.2) is 5.69 Å². The molecular formula is C25H27F3N6O3. The highest BCUT2D eigenvalue weighted by atomic mass is 19.4. The molecule has 4 aromatic rings. The molecule has 5 rings (SSSR count). The number of hydrogen-bond acceptors (Lipinski definition) is 4. The van der Waals surface area contributed by atoms with Crippen molar-refractivity contribution < 1.29 is 27.9 Å². The molecule has 1 fully saturated rings. The van der Waals surface area contributed by atoms with Crippen LogP contribution in [0.4, 0.5) is 13.2 Å². The van der Waals surface area contributed by atoms with Gasteiger partial charge < -0.3 is 19.6 Å². The molecule has 1 aliphatic rings. The third-order valence-corrected chi connectivity index (χ3v) is 6.16. The number of carboxylic acids is 1. The number of nitrogens with zero attached hydrogens (tertiary/aromatic N) is 5. The van der Waals surface area contributed by atoms with Crippen LogP contribution in [0.25, 0.3) is 16.9 Å². The van der Waals surface area contributed by atoms with E-state index in [-0.39, 0.29) is 5.91 Å². The number of halogens is 3. The van der Waals surface area contributed by atoms with Gasteiger partial charge in [-0.15, -0.1) is 0 Å². The van der Waals surface area contributed by atoms with Crippen LogP contribution in [0.5, 0.6) is 0 Å². The standard InChI is InChI=1S/C23H26N6O.C2HF3O2/c30-23(25-10-5-12-27-15-11-24-17-27)21-20-8-3-4-13-29(20)22(26-21)18-9-14-28(16-18)19-6-1-2-7-19;3-2(4,5)1(6)7/h3-4,8-9,11,13-17,19H,1-2,5-7,10,12H2,(H,25,30);(H,6,7). The Morgan fingerprint density at radius 1 is 1.11 bits per heavy atom. The van der Waals surface area contributed by atoms with Gasteiger partial charge in [0.05, 0.1) is 11.8 Å². The van der Waals surface area contributed by atoms with Crippen LogP contribution in [0.1, 0.15) is 48.6 Å². The number of pyridine rings is 1. The van der Waals surface area contributed by atoms with E-state index in [0.29, 0.717) is 18.3 Å². The molecule has 4 aromatic heterocycles. The number of fused-ring (bicyclic) bond motifs is 1. The van der Waals surface area contributed by atoms with Crippen LogP contribution in [0.2, 0.25) is 0 Å². The summed E-state index contributed by atoms with van der Waals surface area (Å²) in [5.74, 6) is -2.08. The number of imidazole rings is 2. The van der Waals surface area contributed by atoms with E-state index in [0.717, 1.165) is 29.9 Å². The van der Waals surface area contributed by atoms with Crippen LogP contribution in [0.15, 0.2) is 61.6 Å². The number of aromatic nitrogens is 5. The summed E-state index contributed by atoms with van der Waals surface area (Å²) in [7, 11) is 0. The van der Waals surface area contributed by atoms with Crippen LogP contribution in [-0.4, -0.2) is 53.2 Å². The SMILES string of the molecule is O=C(NCCCn1ccnc1)c1nc(-c2ccn(C3CCCC3)c2)n2ccccc12.O=C(O)C(F)(F)F. The molecule has 0 spiro atoms. The summed E-state index contributed by atoms with van der Waals surface area (Å²) in [4.78, 5) is 30.6. The number of aryl methyl sites for hydroxylation is 1. The molecule has 0 bridgehead atoms. The van der Waals surface area contributed by atoms with Crippen molar-refractivity contribution in [1.29, 1.82) is 0 Å². The van der Waals surface area contributed by atoms with Crippen LogP contribution < -0.4 is 5.32 Å². The molecule has 0 aromatic carbocycles. The monoisotopic (exact) mass is 516 g/mol. The van der Waals surface area contributed by atoms with E-state index in [1.165, 1.54) is 25.7 Å². The maximum atomic E-state index is 12.9. The summed E-state index contributed by atoms with van der Waals surface area (Å²) in [5.41, 5.74) is 2.34. The molecule has 0 unspecified atom stereocenters. The van der Waals surface area contributed by atoms with Gasteiger partial charge in [-0.1, -0.05) is 18.9 Å². The zero-order valence-electron chi connectivity index (χ0n) is 19.9. The largest absolute Gasteiger partial charge is 0.490 e. The highest BCUT2D eigenvalue weighted by molar-refractivity contribution is 6.00. The number of rotatable bonds is 7. The molecule has 9 nitrogen and oxygen atoms in total. The molecule has 12 heteroatoms. The Balaban J connectivity index is 0.000000405. The normalized spacial score (nSPS) is 13.9. The predicted molar refractivity (Wildman–Crippen MR) is 129 cm³/mol. The van der Waals surface area contributed by atoms with Crippen LogP contribution in [0.3, 0.4) is 0 Å². The Labute approximate surface area is 210 Å². The van der Waals surface area contributed by atoms with Crippen molar-refractivity contribution in [1.82, 2.24) is 28.8 Å². The maximum Gasteiger partial charge on any atom is 0.490 e. The Morgan fingerprint density at radius 2 is 1.86 bits per heavy atom. The predicted octanol–water partition coefficient (Wildman–Crippen LogP) is 4.57. The summed E-state index contributed by atoms with van der Waals surface area (Å²) < 4.78 is 38.1. The summed E-state index contributed by atoms with van der Waals surface area (Å²) in [6.07, 6.45) is 12.6. The van der Waals surface area contributed by atoms with Crippen LogP contribution in [-0.2, 0) is 11.3 Å². The molecule has 196 valence electrons. The number of alkyl halides is 3. The van der Waals surface area contributed by atoms with Crippen molar-refractivity contribution in [3.05, 3.63) is 67.3 Å². The minimum absolute atomic E-state index is 0.134. The minimum Gasteiger partial charge on any atom is -0.475 e. The number of carbonyl (C=O) groups excluding carboxylic acids is 1. The van der Waals surface area contributed by atoms with Crippen molar-refractivity contribution >= 4 is 17.4 Å². The number of carbonyl (C=O) groups is 2. The molecule has 0 aliphatic heterocycles. The fourth-order valence-corrected chi connectivity index (χ4v) is 4.35. The van der Waals surface area contributed by atoms with Crippen molar-refractivity contribution in [2.75, 3.05) is 6.54 Å². The van der Waals surface area contributed by atoms with Crippen LogP contribution >= 0.6 is 0 Å². The maximum absolute atomic E-state index is 12.9. The molecule has 1 amide bonds. The first-order chi connectivity index (χ1) is 17.7. The Morgan fingerprint density at radius 3 is 2.54 bits per heavy atom. The summed E-state index contributed by atoms with van der Waals surface area (Å²) in [6, 6.07) is 8.56. The molecule has 0 radical (unpaired) electrons. The number of amides is 1.